The van der Waals surface area contributed by atoms with Crippen molar-refractivity contribution >= 4 is 49.6 Å². The molecule has 12 rings (SSSR count). The highest BCUT2D eigenvalue weighted by atomic mass is 15.1. The number of benzene rings is 7. The van der Waals surface area contributed by atoms with Crippen molar-refractivity contribution in [1.82, 2.24) is 24.1 Å². The van der Waals surface area contributed by atoms with Crippen LogP contribution >= 0.6 is 0 Å². The normalized spacial score (nSPS) is 15.7. The van der Waals surface area contributed by atoms with Crippen LogP contribution in [0.5, 0.6) is 0 Å². The highest BCUT2D eigenvalue weighted by molar-refractivity contribution is 6.23. The molecule has 10 aromatic rings. The molecule has 258 valence electrons. The highest BCUT2D eigenvalue weighted by Gasteiger charge is 2.44. The molecule has 7 aromatic carbocycles. The van der Waals surface area contributed by atoms with E-state index < -0.39 is 0 Å². The summed E-state index contributed by atoms with van der Waals surface area (Å²) in [5, 5.41) is 6.24. The summed E-state index contributed by atoms with van der Waals surface area (Å²) in [6.45, 7) is 2.42. The van der Waals surface area contributed by atoms with Crippen molar-refractivity contribution in [3.05, 3.63) is 181 Å². The molecule has 55 heavy (non-hydrogen) atoms. The van der Waals surface area contributed by atoms with Gasteiger partial charge in [-0.05, 0) is 43.2 Å². The number of aromatic nitrogens is 5. The molecule has 1 aliphatic carbocycles. The summed E-state index contributed by atoms with van der Waals surface area (Å²) < 4.78 is 5.01. The predicted molar refractivity (Wildman–Crippen MR) is 225 cm³/mol. The van der Waals surface area contributed by atoms with E-state index in [-0.39, 0.29) is 5.41 Å². The fraction of sp³-hybridized carbons (Fsp3) is 0.0600. The quantitative estimate of drug-likeness (QED) is 0.183. The van der Waals surface area contributed by atoms with Gasteiger partial charge in [0.25, 0.3) is 0 Å². The van der Waals surface area contributed by atoms with E-state index in [1.165, 1.54) is 60.5 Å². The Balaban J connectivity index is 1.12. The third kappa shape index (κ3) is 4.21. The van der Waals surface area contributed by atoms with Crippen molar-refractivity contribution < 1.29 is 0 Å². The minimum atomic E-state index is -0.0543. The van der Waals surface area contributed by atoms with Gasteiger partial charge in [-0.25, -0.2) is 15.0 Å². The zero-order chi connectivity index (χ0) is 36.3. The van der Waals surface area contributed by atoms with Crippen LogP contribution in [0.3, 0.4) is 0 Å². The molecule has 5 nitrogen and oxygen atoms in total. The molecule has 1 unspecified atom stereocenters. The number of nitrogens with zero attached hydrogens (tertiary/aromatic N) is 5. The molecular formula is C50H33N5. The zero-order valence-corrected chi connectivity index (χ0v) is 30.1. The Bertz CT molecular complexity index is 3190. The second-order valence-corrected chi connectivity index (χ2v) is 15.0. The van der Waals surface area contributed by atoms with Crippen molar-refractivity contribution in [2.45, 2.75) is 18.8 Å². The van der Waals surface area contributed by atoms with Crippen LogP contribution in [-0.4, -0.2) is 24.1 Å². The minimum Gasteiger partial charge on any atom is -0.311 e. The largest absolute Gasteiger partial charge is 0.311 e. The van der Waals surface area contributed by atoms with E-state index in [1.807, 2.05) is 60.7 Å². The molecule has 1 atom stereocenters. The minimum absolute atomic E-state index is 0.0543. The molecule has 3 aromatic heterocycles. The first-order valence-corrected chi connectivity index (χ1v) is 18.9. The van der Waals surface area contributed by atoms with Gasteiger partial charge in [0.1, 0.15) is 0 Å². The van der Waals surface area contributed by atoms with Gasteiger partial charge in [0.15, 0.2) is 17.5 Å². The summed E-state index contributed by atoms with van der Waals surface area (Å²) in [6.07, 6.45) is 5.72. The van der Waals surface area contributed by atoms with Crippen LogP contribution in [0.4, 0.5) is 0 Å². The van der Waals surface area contributed by atoms with Crippen LogP contribution in [0, 0.1) is 0 Å². The van der Waals surface area contributed by atoms with Gasteiger partial charge < -0.3 is 9.13 Å². The third-order valence-corrected chi connectivity index (χ3v) is 11.9. The van der Waals surface area contributed by atoms with Crippen molar-refractivity contribution in [3.8, 4) is 45.5 Å². The lowest BCUT2D eigenvalue weighted by Gasteiger charge is -2.27. The SMILES string of the molecule is CC12CC=Cc3c1n(c1c3ccc3c1ccc1c4ccccc4n(-c4cccc(-c5nc(-c6ccccc6)nc(-c6ccccc6)n5)c4)c31)-c1ccccc12. The van der Waals surface area contributed by atoms with Crippen molar-refractivity contribution in [1.29, 1.82) is 0 Å². The molecule has 0 saturated heterocycles. The molecular weight excluding hydrogens is 671 g/mol. The van der Waals surface area contributed by atoms with Crippen LogP contribution in [-0.2, 0) is 5.41 Å². The van der Waals surface area contributed by atoms with Gasteiger partial charge in [0.2, 0.25) is 0 Å². The molecule has 1 aliphatic heterocycles. The summed E-state index contributed by atoms with van der Waals surface area (Å²) >= 11 is 0. The molecule has 4 heterocycles. The molecule has 0 bridgehead atoms. The Morgan fingerprint density at radius 3 is 1.78 bits per heavy atom. The first kappa shape index (κ1) is 30.4. The topological polar surface area (TPSA) is 48.5 Å². The maximum absolute atomic E-state index is 5.07. The van der Waals surface area contributed by atoms with E-state index in [0.29, 0.717) is 17.5 Å². The monoisotopic (exact) mass is 703 g/mol. The van der Waals surface area contributed by atoms with Crippen LogP contribution in [0.2, 0.25) is 0 Å². The van der Waals surface area contributed by atoms with Crippen molar-refractivity contribution in [3.63, 3.8) is 0 Å². The number of hydrogen-bond donors (Lipinski definition) is 0. The van der Waals surface area contributed by atoms with Gasteiger partial charge in [-0.1, -0.05) is 146 Å². The number of allylic oxidation sites excluding steroid dienone is 1. The van der Waals surface area contributed by atoms with E-state index in [4.69, 9.17) is 15.0 Å². The zero-order valence-electron chi connectivity index (χ0n) is 30.1. The summed E-state index contributed by atoms with van der Waals surface area (Å²) in [5.74, 6) is 1.94. The smallest absolute Gasteiger partial charge is 0.164 e. The van der Waals surface area contributed by atoms with E-state index in [2.05, 4.69) is 125 Å². The van der Waals surface area contributed by atoms with Crippen LogP contribution < -0.4 is 0 Å². The number of para-hydroxylation sites is 2. The predicted octanol–water partition coefficient (Wildman–Crippen LogP) is 12.1. The number of hydrogen-bond acceptors (Lipinski definition) is 3. The average Bonchev–Trinajstić information content (AvgIpc) is 3.88. The second kappa shape index (κ2) is 11.2. The summed E-state index contributed by atoms with van der Waals surface area (Å²) in [7, 11) is 0. The maximum atomic E-state index is 5.07. The van der Waals surface area contributed by atoms with E-state index in [1.54, 1.807) is 0 Å². The van der Waals surface area contributed by atoms with E-state index in [0.717, 1.165) is 34.3 Å². The molecule has 0 N–H and O–H groups in total. The van der Waals surface area contributed by atoms with Crippen molar-refractivity contribution in [2.75, 3.05) is 0 Å². The van der Waals surface area contributed by atoms with Crippen LogP contribution in [0.1, 0.15) is 30.2 Å². The molecule has 0 amide bonds. The molecule has 2 aliphatic rings. The fourth-order valence-electron chi connectivity index (χ4n) is 9.49. The lowest BCUT2D eigenvalue weighted by molar-refractivity contribution is 0.578. The lowest BCUT2D eigenvalue weighted by atomic mass is 9.74. The summed E-state index contributed by atoms with van der Waals surface area (Å²) in [5.41, 5.74) is 12.9. The fourth-order valence-corrected chi connectivity index (χ4v) is 9.49. The van der Waals surface area contributed by atoms with Gasteiger partial charge in [0.05, 0.1) is 22.2 Å². The highest BCUT2D eigenvalue weighted by Crippen LogP contribution is 2.54. The van der Waals surface area contributed by atoms with E-state index >= 15 is 0 Å². The maximum Gasteiger partial charge on any atom is 0.164 e. The third-order valence-electron chi connectivity index (χ3n) is 11.9. The van der Waals surface area contributed by atoms with Gasteiger partial charge in [-0.15, -0.1) is 0 Å². The molecule has 0 saturated carbocycles. The lowest BCUT2D eigenvalue weighted by Crippen LogP contribution is -2.22. The molecule has 0 radical (unpaired) electrons. The van der Waals surface area contributed by atoms with Gasteiger partial charge in [-0.2, -0.15) is 0 Å². The van der Waals surface area contributed by atoms with Crippen LogP contribution in [0.15, 0.2) is 164 Å². The molecule has 0 fully saturated rings. The van der Waals surface area contributed by atoms with Gasteiger partial charge >= 0.3 is 0 Å². The molecule has 5 heteroatoms. The first-order chi connectivity index (χ1) is 27.2. The van der Waals surface area contributed by atoms with Gasteiger partial charge in [0, 0.05) is 66.0 Å². The summed E-state index contributed by atoms with van der Waals surface area (Å²) in [4.78, 5) is 15.1. The second-order valence-electron chi connectivity index (χ2n) is 15.0. The Morgan fingerprint density at radius 1 is 0.491 bits per heavy atom. The Kier molecular flexibility index (Phi) is 6.18. The average molecular weight is 704 g/mol. The Labute approximate surface area is 317 Å². The van der Waals surface area contributed by atoms with Crippen LogP contribution in [0.25, 0.3) is 95.1 Å². The number of rotatable bonds is 4. The van der Waals surface area contributed by atoms with E-state index in [9.17, 15) is 0 Å². The standard InChI is InChI=1S/C50H33N5/c1-50-29-13-21-40-39-28-27-37-38(45(39)55(46(40)50)43-24-11-9-22-41(43)50)26-25-36-35-20-8-10-23-42(35)54(44(36)37)34-19-12-18-33(30-34)49-52-47(31-14-4-2-5-15-31)51-48(53-49)32-16-6-3-7-17-32/h2-28,30H,29H2,1H3. The Morgan fingerprint density at radius 2 is 1.05 bits per heavy atom. The summed E-state index contributed by atoms with van der Waals surface area (Å²) in [6, 6.07) is 56.1. The molecule has 0 spiro atoms. The first-order valence-electron chi connectivity index (χ1n) is 18.9. The Hall–Kier alpha value is -7.11. The van der Waals surface area contributed by atoms with Crippen molar-refractivity contribution in [2.24, 2.45) is 0 Å². The van der Waals surface area contributed by atoms with Gasteiger partial charge in [-0.3, -0.25) is 0 Å². The number of fused-ring (bicyclic) bond motifs is 12.